The maximum Gasteiger partial charge on any atom is 0.293 e. The topological polar surface area (TPSA) is 102 Å². The minimum Gasteiger partial charge on any atom is -0.392 e. The fraction of sp³-hybridized carbons (Fsp3) is 0.417. The predicted octanol–water partition coefficient (Wildman–Crippen LogP) is 0.998. The maximum absolute atomic E-state index is 13.6. The van der Waals surface area contributed by atoms with Crippen LogP contribution in [0.15, 0.2) is 12.1 Å². The number of nitro groups is 1. The van der Waals surface area contributed by atoms with Crippen molar-refractivity contribution in [1.82, 2.24) is 10.2 Å². The molecule has 110 valence electrons. The Kier molecular flexibility index (Phi) is 5.39. The second kappa shape index (κ2) is 6.80. The molecule has 7 nitrogen and oxygen atoms in total. The second-order valence-corrected chi connectivity index (χ2v) is 4.26. The first-order valence-electron chi connectivity index (χ1n) is 6.07. The average Bonchev–Trinajstić information content (AvgIpc) is 2.38. The molecule has 0 fully saturated rings. The molecule has 0 bridgehead atoms. The van der Waals surface area contributed by atoms with Gasteiger partial charge in [-0.2, -0.15) is 0 Å². The van der Waals surface area contributed by atoms with Crippen molar-refractivity contribution in [2.75, 3.05) is 32.4 Å². The standard InChI is InChI=1S/C12H17FN4O3/c1-3-16(2)7-6-15-12(18)10-8(13)4-5-9(11(10)14)17(19)20/h4-5H,3,6-7,14H2,1-2H3,(H,15,18). The molecule has 0 atom stereocenters. The Morgan fingerprint density at radius 3 is 2.75 bits per heavy atom. The Labute approximate surface area is 115 Å². The van der Waals surface area contributed by atoms with Crippen molar-refractivity contribution in [3.63, 3.8) is 0 Å². The van der Waals surface area contributed by atoms with Gasteiger partial charge in [-0.15, -0.1) is 0 Å². The lowest BCUT2D eigenvalue weighted by atomic mass is 10.1. The van der Waals surface area contributed by atoms with Gasteiger partial charge in [-0.3, -0.25) is 14.9 Å². The fourth-order valence-electron chi connectivity index (χ4n) is 1.58. The number of anilines is 1. The number of halogens is 1. The van der Waals surface area contributed by atoms with E-state index in [-0.39, 0.29) is 0 Å². The largest absolute Gasteiger partial charge is 0.392 e. The number of rotatable bonds is 6. The average molecular weight is 284 g/mol. The molecule has 0 aromatic heterocycles. The summed E-state index contributed by atoms with van der Waals surface area (Å²) < 4.78 is 13.6. The van der Waals surface area contributed by atoms with Gasteiger partial charge < -0.3 is 16.0 Å². The van der Waals surface area contributed by atoms with E-state index in [2.05, 4.69) is 5.32 Å². The monoisotopic (exact) mass is 284 g/mol. The highest BCUT2D eigenvalue weighted by Crippen LogP contribution is 2.27. The van der Waals surface area contributed by atoms with E-state index >= 15 is 0 Å². The van der Waals surface area contributed by atoms with Crippen molar-refractivity contribution in [1.29, 1.82) is 0 Å². The number of carbonyl (C=O) groups is 1. The van der Waals surface area contributed by atoms with E-state index in [0.29, 0.717) is 13.1 Å². The van der Waals surface area contributed by atoms with Crippen LogP contribution in [0, 0.1) is 15.9 Å². The highest BCUT2D eigenvalue weighted by Gasteiger charge is 2.23. The van der Waals surface area contributed by atoms with Crippen LogP contribution in [0.5, 0.6) is 0 Å². The molecular formula is C12H17FN4O3. The molecule has 0 radical (unpaired) electrons. The highest BCUT2D eigenvalue weighted by molar-refractivity contribution is 6.01. The zero-order valence-corrected chi connectivity index (χ0v) is 11.4. The van der Waals surface area contributed by atoms with E-state index in [0.717, 1.165) is 18.7 Å². The van der Waals surface area contributed by atoms with Crippen LogP contribution in [-0.4, -0.2) is 42.4 Å². The number of nitrogens with zero attached hydrogens (tertiary/aromatic N) is 2. The van der Waals surface area contributed by atoms with Crippen LogP contribution in [0.1, 0.15) is 17.3 Å². The van der Waals surface area contributed by atoms with Crippen LogP contribution in [0.25, 0.3) is 0 Å². The summed E-state index contributed by atoms with van der Waals surface area (Å²) in [6.07, 6.45) is 0. The number of carbonyl (C=O) groups excluding carboxylic acids is 1. The summed E-state index contributed by atoms with van der Waals surface area (Å²) >= 11 is 0. The number of likely N-dealkylation sites (N-methyl/N-ethyl adjacent to an activating group) is 1. The molecule has 0 saturated carbocycles. The van der Waals surface area contributed by atoms with Gasteiger partial charge in [0.15, 0.2) is 0 Å². The summed E-state index contributed by atoms with van der Waals surface area (Å²) in [6, 6.07) is 1.80. The molecule has 3 N–H and O–H groups in total. The maximum atomic E-state index is 13.6. The third kappa shape index (κ3) is 3.64. The summed E-state index contributed by atoms with van der Waals surface area (Å²) in [4.78, 5) is 23.8. The zero-order valence-electron chi connectivity index (χ0n) is 11.4. The van der Waals surface area contributed by atoms with Crippen LogP contribution in [0.4, 0.5) is 15.8 Å². The molecule has 1 aromatic rings. The number of nitrogens with one attached hydrogen (secondary N) is 1. The molecule has 0 unspecified atom stereocenters. The van der Waals surface area contributed by atoms with E-state index in [1.807, 2.05) is 18.9 Å². The number of amides is 1. The first-order chi connectivity index (χ1) is 9.38. The third-order valence-electron chi connectivity index (χ3n) is 2.91. The molecule has 0 spiro atoms. The molecular weight excluding hydrogens is 267 g/mol. The van der Waals surface area contributed by atoms with E-state index in [1.165, 1.54) is 0 Å². The first-order valence-corrected chi connectivity index (χ1v) is 6.07. The van der Waals surface area contributed by atoms with Gasteiger partial charge in [0, 0.05) is 19.2 Å². The summed E-state index contributed by atoms with van der Waals surface area (Å²) in [7, 11) is 1.87. The molecule has 0 aliphatic carbocycles. The predicted molar refractivity (Wildman–Crippen MR) is 73.0 cm³/mol. The van der Waals surface area contributed by atoms with Gasteiger partial charge in [0.05, 0.1) is 4.92 Å². The van der Waals surface area contributed by atoms with Crippen molar-refractivity contribution in [2.24, 2.45) is 0 Å². The Morgan fingerprint density at radius 1 is 1.55 bits per heavy atom. The summed E-state index contributed by atoms with van der Waals surface area (Å²) in [6.45, 7) is 3.65. The lowest BCUT2D eigenvalue weighted by Gasteiger charge is -2.14. The van der Waals surface area contributed by atoms with Crippen molar-refractivity contribution in [3.8, 4) is 0 Å². The third-order valence-corrected chi connectivity index (χ3v) is 2.91. The number of nitrogens with two attached hydrogens (primary N) is 1. The van der Waals surface area contributed by atoms with Gasteiger partial charge in [-0.1, -0.05) is 6.92 Å². The molecule has 20 heavy (non-hydrogen) atoms. The van der Waals surface area contributed by atoms with Crippen molar-refractivity contribution < 1.29 is 14.1 Å². The lowest BCUT2D eigenvalue weighted by molar-refractivity contribution is -0.384. The SMILES string of the molecule is CCN(C)CCNC(=O)c1c(F)ccc([N+](=O)[O-])c1N. The molecule has 1 rings (SSSR count). The number of benzene rings is 1. The number of nitrogen functional groups attached to an aromatic ring is 1. The van der Waals surface area contributed by atoms with Gasteiger partial charge >= 0.3 is 0 Å². The lowest BCUT2D eigenvalue weighted by Crippen LogP contribution is -2.33. The molecule has 0 saturated heterocycles. The number of nitro benzene ring substituents is 1. The van der Waals surface area contributed by atoms with Gasteiger partial charge in [0.1, 0.15) is 17.1 Å². The minimum absolute atomic E-state index is 0.296. The smallest absolute Gasteiger partial charge is 0.293 e. The number of hydrogen-bond donors (Lipinski definition) is 2. The Balaban J connectivity index is 2.87. The normalized spacial score (nSPS) is 10.6. The van der Waals surface area contributed by atoms with Crippen LogP contribution >= 0.6 is 0 Å². The molecule has 0 heterocycles. The first kappa shape index (κ1) is 15.8. The van der Waals surface area contributed by atoms with Crippen LogP contribution in [0.2, 0.25) is 0 Å². The van der Waals surface area contributed by atoms with E-state index in [4.69, 9.17) is 5.73 Å². The zero-order chi connectivity index (χ0) is 15.3. The summed E-state index contributed by atoms with van der Waals surface area (Å²) in [5.74, 6) is -1.64. The van der Waals surface area contributed by atoms with Crippen molar-refractivity contribution >= 4 is 17.3 Å². The molecule has 0 aliphatic rings. The molecule has 1 aromatic carbocycles. The minimum atomic E-state index is -0.880. The summed E-state index contributed by atoms with van der Waals surface area (Å²) in [5.41, 5.74) is 4.06. The molecule has 1 amide bonds. The van der Waals surface area contributed by atoms with Crippen molar-refractivity contribution in [3.05, 3.63) is 33.6 Å². The van der Waals surface area contributed by atoms with E-state index in [1.54, 1.807) is 0 Å². The van der Waals surface area contributed by atoms with Crippen LogP contribution < -0.4 is 11.1 Å². The Hall–Kier alpha value is -2.22. The quantitative estimate of drug-likeness (QED) is 0.461. The highest BCUT2D eigenvalue weighted by atomic mass is 19.1. The van der Waals surface area contributed by atoms with E-state index in [9.17, 15) is 19.3 Å². The van der Waals surface area contributed by atoms with Crippen LogP contribution in [0.3, 0.4) is 0 Å². The van der Waals surface area contributed by atoms with Gasteiger partial charge in [-0.25, -0.2) is 4.39 Å². The van der Waals surface area contributed by atoms with Gasteiger partial charge in [0.2, 0.25) is 0 Å². The fourth-order valence-corrected chi connectivity index (χ4v) is 1.58. The summed E-state index contributed by atoms with van der Waals surface area (Å²) in [5, 5.41) is 13.2. The second-order valence-electron chi connectivity index (χ2n) is 4.26. The molecule has 8 heteroatoms. The number of hydrogen-bond acceptors (Lipinski definition) is 5. The van der Waals surface area contributed by atoms with Gasteiger partial charge in [0.25, 0.3) is 11.6 Å². The Morgan fingerprint density at radius 2 is 2.20 bits per heavy atom. The van der Waals surface area contributed by atoms with E-state index < -0.39 is 33.6 Å². The van der Waals surface area contributed by atoms with Crippen molar-refractivity contribution in [2.45, 2.75) is 6.92 Å². The van der Waals surface area contributed by atoms with Crippen LogP contribution in [-0.2, 0) is 0 Å². The Bertz CT molecular complexity index is 522. The van der Waals surface area contributed by atoms with Gasteiger partial charge in [-0.05, 0) is 19.7 Å². The molecule has 0 aliphatic heterocycles.